The highest BCUT2D eigenvalue weighted by atomic mass is 32.2. The van der Waals surface area contributed by atoms with Crippen LogP contribution in [0.15, 0.2) is 29.2 Å². The number of ether oxygens (including phenoxy) is 2. The molecule has 1 aliphatic heterocycles. The molecule has 0 amide bonds. The van der Waals surface area contributed by atoms with Crippen LogP contribution in [0.3, 0.4) is 0 Å². The van der Waals surface area contributed by atoms with Crippen LogP contribution in [0.25, 0.3) is 0 Å². The minimum absolute atomic E-state index is 0.0210. The van der Waals surface area contributed by atoms with Gasteiger partial charge in [0, 0.05) is 19.5 Å². The van der Waals surface area contributed by atoms with Crippen molar-refractivity contribution in [3.63, 3.8) is 0 Å². The van der Waals surface area contributed by atoms with Crippen molar-refractivity contribution in [1.29, 1.82) is 0 Å². The highest BCUT2D eigenvalue weighted by Gasteiger charge is 2.36. The molecule has 1 aliphatic carbocycles. The van der Waals surface area contributed by atoms with Crippen LogP contribution in [0.2, 0.25) is 0 Å². The van der Waals surface area contributed by atoms with Crippen LogP contribution >= 0.6 is 0 Å². The molecule has 29 heavy (non-hydrogen) atoms. The topological polar surface area (TPSA) is 107 Å². The lowest BCUT2D eigenvalue weighted by atomic mass is 9.95. The maximum Gasteiger partial charge on any atom is 0.339 e. The molecule has 0 bridgehead atoms. The van der Waals surface area contributed by atoms with Crippen LogP contribution in [0.1, 0.15) is 48.9 Å². The van der Waals surface area contributed by atoms with Gasteiger partial charge in [-0.15, -0.1) is 0 Å². The third kappa shape index (κ3) is 4.67. The highest BCUT2D eigenvalue weighted by molar-refractivity contribution is 7.89. The first-order chi connectivity index (χ1) is 13.8. The number of methoxy groups -OCH3 is 1. The molecule has 0 N–H and O–H groups in total. The number of hydrogen-bond donors (Lipinski definition) is 0. The molecule has 1 saturated carbocycles. The van der Waals surface area contributed by atoms with E-state index in [9.17, 15) is 22.8 Å². The molecular formula is C20H25NO7S. The Hall–Kier alpha value is -2.26. The smallest absolute Gasteiger partial charge is 0.339 e. The molecule has 2 aliphatic rings. The maximum absolute atomic E-state index is 13.0. The van der Waals surface area contributed by atoms with Gasteiger partial charge in [0.05, 0.1) is 23.5 Å². The molecule has 0 radical (unpaired) electrons. The van der Waals surface area contributed by atoms with E-state index in [2.05, 4.69) is 4.74 Å². The predicted octanol–water partition coefficient (Wildman–Crippen LogP) is 1.93. The van der Waals surface area contributed by atoms with Gasteiger partial charge in [-0.25, -0.2) is 13.2 Å². The molecule has 0 aromatic heterocycles. The van der Waals surface area contributed by atoms with Gasteiger partial charge in [0.15, 0.2) is 11.9 Å². The first-order valence-electron chi connectivity index (χ1n) is 9.75. The molecule has 2 fully saturated rings. The summed E-state index contributed by atoms with van der Waals surface area (Å²) < 4.78 is 37.4. The van der Waals surface area contributed by atoms with E-state index in [1.54, 1.807) is 12.1 Å². The molecule has 0 unspecified atom stereocenters. The molecule has 1 aromatic rings. The largest absolute Gasteiger partial charge is 0.465 e. The Morgan fingerprint density at radius 3 is 2.41 bits per heavy atom. The minimum atomic E-state index is -3.91. The van der Waals surface area contributed by atoms with Crippen molar-refractivity contribution in [2.45, 2.75) is 49.5 Å². The second-order valence-electron chi connectivity index (χ2n) is 7.30. The highest BCUT2D eigenvalue weighted by Crippen LogP contribution is 2.28. The molecule has 1 saturated heterocycles. The van der Waals surface area contributed by atoms with E-state index >= 15 is 0 Å². The summed E-state index contributed by atoms with van der Waals surface area (Å²) in [4.78, 5) is 36.1. The average molecular weight is 423 g/mol. The fraction of sp³-hybridized carbons (Fsp3) is 0.550. The zero-order valence-corrected chi connectivity index (χ0v) is 17.2. The van der Waals surface area contributed by atoms with E-state index in [0.29, 0.717) is 25.7 Å². The number of carbonyl (C=O) groups excluding carboxylic acids is 3. The lowest BCUT2D eigenvalue weighted by molar-refractivity contribution is -0.161. The van der Waals surface area contributed by atoms with Crippen LogP contribution in [0.5, 0.6) is 0 Å². The third-order valence-electron chi connectivity index (χ3n) is 5.45. The first-order valence-corrected chi connectivity index (χ1v) is 11.2. The zero-order valence-electron chi connectivity index (χ0n) is 16.3. The number of benzene rings is 1. The molecule has 1 aromatic carbocycles. The molecule has 1 atom stereocenters. The van der Waals surface area contributed by atoms with Crippen molar-refractivity contribution in [3.8, 4) is 0 Å². The Morgan fingerprint density at radius 1 is 1.07 bits per heavy atom. The van der Waals surface area contributed by atoms with E-state index in [4.69, 9.17) is 4.74 Å². The van der Waals surface area contributed by atoms with Gasteiger partial charge in [-0.1, -0.05) is 12.1 Å². The number of nitrogens with zero attached hydrogens (tertiary/aromatic N) is 1. The molecule has 1 heterocycles. The summed E-state index contributed by atoms with van der Waals surface area (Å²) in [7, 11) is -2.71. The quantitative estimate of drug-likeness (QED) is 0.666. The fourth-order valence-electron chi connectivity index (χ4n) is 3.75. The van der Waals surface area contributed by atoms with E-state index < -0.39 is 34.0 Å². The SMILES string of the molecule is COC(=O)c1ccccc1S(=O)(=O)N1CCC(C(=O)O[C@H]2CCCCC2=O)CC1. The standard InChI is InChI=1S/C20H25NO7S/c1-27-20(24)15-6-2-5-9-18(15)29(25,26)21-12-10-14(11-13-21)19(23)28-17-8-4-3-7-16(17)22/h2,5-6,9,14,17H,3-4,7-8,10-13H2,1H3/t17-/m0/s1. The molecular weight excluding hydrogens is 398 g/mol. The van der Waals surface area contributed by atoms with Crippen molar-refractivity contribution >= 4 is 27.7 Å². The lowest BCUT2D eigenvalue weighted by Gasteiger charge is -2.31. The van der Waals surface area contributed by atoms with Crippen LogP contribution in [0.4, 0.5) is 0 Å². The second kappa shape index (κ2) is 9.04. The van der Waals surface area contributed by atoms with Crippen LogP contribution in [0, 0.1) is 5.92 Å². The van der Waals surface area contributed by atoms with Crippen molar-refractivity contribution < 1.29 is 32.3 Å². The number of sulfonamides is 1. The molecule has 158 valence electrons. The van der Waals surface area contributed by atoms with Crippen molar-refractivity contribution in [3.05, 3.63) is 29.8 Å². The summed E-state index contributed by atoms with van der Waals surface area (Å²) in [6, 6.07) is 5.89. The zero-order chi connectivity index (χ0) is 21.0. The second-order valence-corrected chi connectivity index (χ2v) is 9.21. The van der Waals surface area contributed by atoms with E-state index in [1.165, 1.54) is 23.5 Å². The normalized spacial score (nSPS) is 21.6. The molecule has 8 nitrogen and oxygen atoms in total. The summed E-state index contributed by atoms with van der Waals surface area (Å²) in [5.41, 5.74) is -0.0210. The van der Waals surface area contributed by atoms with E-state index in [0.717, 1.165) is 12.8 Å². The summed E-state index contributed by atoms with van der Waals surface area (Å²) in [6.07, 6.45) is 2.63. The van der Waals surface area contributed by atoms with Gasteiger partial charge >= 0.3 is 11.9 Å². The first kappa shape index (κ1) is 21.4. The Kier molecular flexibility index (Phi) is 6.69. The number of Topliss-reactive ketones (excluding diaryl/α,β-unsaturated/α-hetero) is 1. The van der Waals surface area contributed by atoms with Crippen molar-refractivity contribution in [2.75, 3.05) is 20.2 Å². The van der Waals surface area contributed by atoms with Crippen LogP contribution in [-0.2, 0) is 29.1 Å². The van der Waals surface area contributed by atoms with Gasteiger partial charge in [-0.2, -0.15) is 4.31 Å². The Balaban J connectivity index is 1.65. The van der Waals surface area contributed by atoms with Gasteiger partial charge < -0.3 is 9.47 Å². The predicted molar refractivity (Wildman–Crippen MR) is 103 cm³/mol. The maximum atomic E-state index is 13.0. The Morgan fingerprint density at radius 2 is 1.76 bits per heavy atom. The summed E-state index contributed by atoms with van der Waals surface area (Å²) >= 11 is 0. The third-order valence-corrected chi connectivity index (χ3v) is 7.41. The van der Waals surface area contributed by atoms with Gasteiger partial charge in [-0.05, 0) is 44.2 Å². The number of ketones is 1. The number of esters is 2. The van der Waals surface area contributed by atoms with Gasteiger partial charge in [0.2, 0.25) is 10.0 Å². The van der Waals surface area contributed by atoms with Gasteiger partial charge in [0.25, 0.3) is 0 Å². The van der Waals surface area contributed by atoms with Gasteiger partial charge in [-0.3, -0.25) is 9.59 Å². The van der Waals surface area contributed by atoms with Crippen LogP contribution < -0.4 is 0 Å². The number of rotatable bonds is 5. The summed E-state index contributed by atoms with van der Waals surface area (Å²) in [5, 5.41) is 0. The van der Waals surface area contributed by atoms with Crippen LogP contribution in [-0.4, -0.2) is 56.7 Å². The Labute approximate surface area is 170 Å². The van der Waals surface area contributed by atoms with Crippen molar-refractivity contribution in [2.24, 2.45) is 5.92 Å². The average Bonchev–Trinajstić information content (AvgIpc) is 2.74. The number of hydrogen-bond acceptors (Lipinski definition) is 7. The fourth-order valence-corrected chi connectivity index (χ4v) is 5.40. The minimum Gasteiger partial charge on any atom is -0.465 e. The monoisotopic (exact) mass is 423 g/mol. The summed E-state index contributed by atoms with van der Waals surface area (Å²) in [5.74, 6) is -1.63. The molecule has 9 heteroatoms. The summed E-state index contributed by atoms with van der Waals surface area (Å²) in [6.45, 7) is 0.270. The van der Waals surface area contributed by atoms with E-state index in [1.807, 2.05) is 0 Å². The number of piperidine rings is 1. The Bertz CT molecular complexity index is 888. The van der Waals surface area contributed by atoms with Gasteiger partial charge in [0.1, 0.15) is 0 Å². The lowest BCUT2D eigenvalue weighted by Crippen LogP contribution is -2.42. The van der Waals surface area contributed by atoms with Crippen molar-refractivity contribution in [1.82, 2.24) is 4.31 Å². The molecule has 3 rings (SSSR count). The number of carbonyl (C=O) groups is 3. The van der Waals surface area contributed by atoms with E-state index in [-0.39, 0.29) is 29.3 Å². The molecule has 0 spiro atoms.